The van der Waals surface area contributed by atoms with Gasteiger partial charge in [-0.25, -0.2) is 11.0 Å². The van der Waals surface area contributed by atoms with Gasteiger partial charge in [-0.2, -0.15) is 4.98 Å². The lowest BCUT2D eigenvalue weighted by molar-refractivity contribution is 0.556. The zero-order valence-corrected chi connectivity index (χ0v) is 12.1. The Bertz CT molecular complexity index is 473. The first-order valence-electron chi connectivity index (χ1n) is 5.74. The Morgan fingerprint density at radius 1 is 1.45 bits per heavy atom. The first kappa shape index (κ1) is 15.7. The maximum atomic E-state index is 5.82. The summed E-state index contributed by atoms with van der Waals surface area (Å²) in [6, 6.07) is 0. The largest absolute Gasteiger partial charge is 0.366 e. The van der Waals surface area contributed by atoms with E-state index in [9.17, 15) is 0 Å². The zero-order chi connectivity index (χ0) is 15.1. The van der Waals surface area contributed by atoms with E-state index in [1.165, 1.54) is 9.91 Å². The van der Waals surface area contributed by atoms with Gasteiger partial charge in [-0.3, -0.25) is 10.9 Å². The molecule has 1 rings (SSSR count). The van der Waals surface area contributed by atoms with Crippen LogP contribution >= 0.6 is 12.2 Å². The van der Waals surface area contributed by atoms with E-state index in [1.807, 2.05) is 4.90 Å². The quantitative estimate of drug-likeness (QED) is 0.215. The molecule has 1 aromatic heterocycles. The maximum Gasteiger partial charge on any atom is 0.249 e. The van der Waals surface area contributed by atoms with Crippen molar-refractivity contribution in [2.75, 3.05) is 35.9 Å². The Labute approximate surface area is 122 Å². The number of nitrogens with two attached hydrogens (primary N) is 2. The SMILES string of the molecule is C=CCN(CC=C)c1nc(N)n(N(C)NC(=S)NN)n1. The van der Waals surface area contributed by atoms with E-state index in [1.54, 1.807) is 19.2 Å². The molecular formula is C10H19N9S. The number of thiocarbonyl (C=S) groups is 1. The minimum atomic E-state index is 0.202. The Hall–Kier alpha value is -2.33. The Morgan fingerprint density at radius 2 is 2.05 bits per heavy atom. The van der Waals surface area contributed by atoms with Crippen LogP contribution in [-0.4, -0.2) is 40.1 Å². The molecule has 0 aliphatic rings. The molecule has 0 radical (unpaired) electrons. The fraction of sp³-hybridized carbons (Fsp3) is 0.300. The first-order valence-corrected chi connectivity index (χ1v) is 6.14. The van der Waals surface area contributed by atoms with Crippen LogP contribution in [0.25, 0.3) is 0 Å². The molecule has 0 aliphatic heterocycles. The number of hydrogen-bond donors (Lipinski definition) is 4. The van der Waals surface area contributed by atoms with Crippen molar-refractivity contribution >= 4 is 29.2 Å². The van der Waals surface area contributed by atoms with E-state index in [0.717, 1.165) is 0 Å². The summed E-state index contributed by atoms with van der Waals surface area (Å²) in [7, 11) is 1.67. The highest BCUT2D eigenvalue weighted by atomic mass is 32.1. The lowest BCUT2D eigenvalue weighted by Crippen LogP contribution is -2.52. The van der Waals surface area contributed by atoms with Gasteiger partial charge >= 0.3 is 0 Å². The molecule has 0 aliphatic carbocycles. The molecule has 0 saturated heterocycles. The van der Waals surface area contributed by atoms with Crippen LogP contribution in [0.15, 0.2) is 25.3 Å². The van der Waals surface area contributed by atoms with E-state index in [-0.39, 0.29) is 11.1 Å². The van der Waals surface area contributed by atoms with Crippen molar-refractivity contribution in [3.8, 4) is 0 Å². The number of nitrogen functional groups attached to an aromatic ring is 1. The van der Waals surface area contributed by atoms with Crippen LogP contribution in [0.3, 0.4) is 0 Å². The minimum Gasteiger partial charge on any atom is -0.366 e. The van der Waals surface area contributed by atoms with E-state index in [0.29, 0.717) is 19.0 Å². The van der Waals surface area contributed by atoms with Gasteiger partial charge in [-0.1, -0.05) is 12.2 Å². The van der Waals surface area contributed by atoms with Crippen molar-refractivity contribution in [3.05, 3.63) is 25.3 Å². The van der Waals surface area contributed by atoms with Gasteiger partial charge in [0.15, 0.2) is 0 Å². The van der Waals surface area contributed by atoms with Gasteiger partial charge in [-0.05, 0) is 12.2 Å². The Balaban J connectivity index is 2.92. The van der Waals surface area contributed by atoms with Crippen molar-refractivity contribution in [3.63, 3.8) is 0 Å². The molecule has 0 bridgehead atoms. The predicted molar refractivity (Wildman–Crippen MR) is 84.2 cm³/mol. The van der Waals surface area contributed by atoms with Gasteiger partial charge in [-0.15, -0.1) is 23.0 Å². The second kappa shape index (κ2) is 7.31. The summed E-state index contributed by atoms with van der Waals surface area (Å²) >= 11 is 4.89. The summed E-state index contributed by atoms with van der Waals surface area (Å²) in [6.45, 7) is 8.54. The van der Waals surface area contributed by atoms with Gasteiger partial charge in [0, 0.05) is 20.1 Å². The monoisotopic (exact) mass is 297 g/mol. The van der Waals surface area contributed by atoms with Crippen LogP contribution < -0.4 is 32.4 Å². The Morgan fingerprint density at radius 3 is 2.55 bits per heavy atom. The minimum absolute atomic E-state index is 0.202. The van der Waals surface area contributed by atoms with Gasteiger partial charge in [0.1, 0.15) is 0 Å². The van der Waals surface area contributed by atoms with Gasteiger partial charge in [0.25, 0.3) is 0 Å². The van der Waals surface area contributed by atoms with Crippen molar-refractivity contribution in [1.29, 1.82) is 0 Å². The summed E-state index contributed by atoms with van der Waals surface area (Å²) < 4.78 is 0. The van der Waals surface area contributed by atoms with Crippen LogP contribution in [0.4, 0.5) is 11.9 Å². The van der Waals surface area contributed by atoms with E-state index in [4.69, 9.17) is 23.8 Å². The van der Waals surface area contributed by atoms with Crippen molar-refractivity contribution in [1.82, 2.24) is 25.7 Å². The van der Waals surface area contributed by atoms with Crippen LogP contribution in [0.5, 0.6) is 0 Å². The molecular weight excluding hydrogens is 278 g/mol. The molecule has 10 heteroatoms. The predicted octanol–water partition coefficient (Wildman–Crippen LogP) is -1.14. The molecule has 110 valence electrons. The normalized spacial score (nSPS) is 9.70. The highest BCUT2D eigenvalue weighted by Crippen LogP contribution is 2.10. The summed E-state index contributed by atoms with van der Waals surface area (Å²) in [6.07, 6.45) is 3.49. The van der Waals surface area contributed by atoms with Crippen molar-refractivity contribution < 1.29 is 0 Å². The summed E-state index contributed by atoms with van der Waals surface area (Å²) in [5, 5.41) is 5.95. The number of aromatic nitrogens is 3. The molecule has 0 amide bonds. The number of anilines is 2. The van der Waals surface area contributed by atoms with Crippen molar-refractivity contribution in [2.24, 2.45) is 5.84 Å². The number of nitrogens with zero attached hydrogens (tertiary/aromatic N) is 5. The van der Waals surface area contributed by atoms with Gasteiger partial charge in [0.2, 0.25) is 17.0 Å². The third-order valence-electron chi connectivity index (χ3n) is 2.26. The highest BCUT2D eigenvalue weighted by molar-refractivity contribution is 7.80. The standard InChI is InChI=1S/C10H19N9S/c1-4-6-18(7-5-2)9-13-8(11)19(15-9)17(3)16-10(20)14-12/h4-5H,1-2,6-7,12H2,3H3,(H2,11,13,15)(H2,14,16,20). The first-order chi connectivity index (χ1) is 9.53. The topological polar surface area (TPSA) is 113 Å². The molecule has 1 heterocycles. The third-order valence-corrected chi connectivity index (χ3v) is 2.47. The summed E-state index contributed by atoms with van der Waals surface area (Å²) in [5.74, 6) is 5.84. The molecule has 6 N–H and O–H groups in total. The molecule has 1 aromatic rings. The average Bonchev–Trinajstić information content (AvgIpc) is 2.80. The van der Waals surface area contributed by atoms with Crippen LogP contribution in [-0.2, 0) is 0 Å². The number of hydrazine groups is 2. The fourth-order valence-electron chi connectivity index (χ4n) is 1.44. The van der Waals surface area contributed by atoms with E-state index in [2.05, 4.69) is 34.1 Å². The summed E-state index contributed by atoms with van der Waals surface area (Å²) in [4.78, 5) is 7.41. The highest BCUT2D eigenvalue weighted by Gasteiger charge is 2.15. The van der Waals surface area contributed by atoms with Crippen LogP contribution in [0.1, 0.15) is 0 Å². The molecule has 0 saturated carbocycles. The molecule has 0 fully saturated rings. The Kier molecular flexibility index (Phi) is 5.74. The number of nitrogens with one attached hydrogen (secondary N) is 2. The van der Waals surface area contributed by atoms with E-state index < -0.39 is 0 Å². The molecule has 20 heavy (non-hydrogen) atoms. The van der Waals surface area contributed by atoms with Crippen LogP contribution in [0.2, 0.25) is 0 Å². The smallest absolute Gasteiger partial charge is 0.249 e. The van der Waals surface area contributed by atoms with E-state index >= 15 is 0 Å². The second-order valence-electron chi connectivity index (χ2n) is 3.75. The number of hydrogen-bond acceptors (Lipinski definition) is 7. The van der Waals surface area contributed by atoms with Gasteiger partial charge < -0.3 is 10.6 Å². The lowest BCUT2D eigenvalue weighted by Gasteiger charge is -2.21. The molecule has 0 atom stereocenters. The maximum absolute atomic E-state index is 5.82. The zero-order valence-electron chi connectivity index (χ0n) is 11.3. The number of rotatable bonds is 7. The van der Waals surface area contributed by atoms with Gasteiger partial charge in [0.05, 0.1) is 0 Å². The molecule has 0 aromatic carbocycles. The fourth-order valence-corrected chi connectivity index (χ4v) is 1.57. The molecule has 0 unspecified atom stereocenters. The van der Waals surface area contributed by atoms with Crippen LogP contribution in [0, 0.1) is 0 Å². The van der Waals surface area contributed by atoms with Crippen molar-refractivity contribution in [2.45, 2.75) is 0 Å². The average molecular weight is 297 g/mol. The second-order valence-corrected chi connectivity index (χ2v) is 4.16. The molecule has 9 nitrogen and oxygen atoms in total. The summed E-state index contributed by atoms with van der Waals surface area (Å²) in [5.41, 5.74) is 10.9. The third kappa shape index (κ3) is 3.83. The lowest BCUT2D eigenvalue weighted by atomic mass is 10.5. The molecule has 0 spiro atoms.